The minimum Gasteiger partial charge on any atom is -0.389 e. The highest BCUT2D eigenvalue weighted by atomic mass is 16.5. The summed E-state index contributed by atoms with van der Waals surface area (Å²) in [6.45, 7) is 7.50. The molecule has 0 saturated carbocycles. The van der Waals surface area contributed by atoms with Crippen LogP contribution in [0.2, 0.25) is 0 Å². The molecule has 0 spiro atoms. The summed E-state index contributed by atoms with van der Waals surface area (Å²) in [6.07, 6.45) is 8.42. The van der Waals surface area contributed by atoms with Crippen LogP contribution in [0, 0.1) is 6.92 Å². The van der Waals surface area contributed by atoms with E-state index in [9.17, 15) is 9.90 Å². The largest absolute Gasteiger partial charge is 0.389 e. The number of amides is 1. The molecule has 0 fully saturated rings. The molecule has 1 amide bonds. The summed E-state index contributed by atoms with van der Waals surface area (Å²) in [4.78, 5) is 16.3. The molecule has 6 heteroatoms. The fraction of sp³-hybridized carbons (Fsp3) is 0.450. The van der Waals surface area contributed by atoms with E-state index in [1.807, 2.05) is 19.1 Å². The molecule has 0 unspecified atom stereocenters. The average Bonchev–Trinajstić information content (AvgIpc) is 2.95. The standard InChI is InChI=1S/C20H27N3O3/c1-5-6-7-18-17(14(2)26-23-18)11-10-16-9-8-15(12-21-16)19(24)22-13-20(3,4)25/h8-12,25H,5-7,13H2,1-4H3,(H,22,24)/b11-10+. The zero-order valence-electron chi connectivity index (χ0n) is 15.9. The monoisotopic (exact) mass is 357 g/mol. The van der Waals surface area contributed by atoms with Crippen molar-refractivity contribution < 1.29 is 14.4 Å². The van der Waals surface area contributed by atoms with Gasteiger partial charge >= 0.3 is 0 Å². The number of hydrogen-bond acceptors (Lipinski definition) is 5. The van der Waals surface area contributed by atoms with Crippen LogP contribution < -0.4 is 5.32 Å². The summed E-state index contributed by atoms with van der Waals surface area (Å²) < 4.78 is 5.29. The quantitative estimate of drug-likeness (QED) is 0.756. The van der Waals surface area contributed by atoms with Crippen molar-refractivity contribution in [1.82, 2.24) is 15.5 Å². The summed E-state index contributed by atoms with van der Waals surface area (Å²) in [5.41, 5.74) is 2.20. The molecule has 0 atom stereocenters. The molecule has 2 heterocycles. The first-order valence-electron chi connectivity index (χ1n) is 8.90. The smallest absolute Gasteiger partial charge is 0.252 e. The Balaban J connectivity index is 2.04. The lowest BCUT2D eigenvalue weighted by molar-refractivity contribution is 0.0694. The second kappa shape index (κ2) is 8.76. The minimum atomic E-state index is -0.947. The van der Waals surface area contributed by atoms with Gasteiger partial charge in [0.1, 0.15) is 5.76 Å². The average molecular weight is 357 g/mol. The number of aryl methyl sites for hydroxylation is 2. The number of nitrogens with zero attached hydrogens (tertiary/aromatic N) is 2. The third-order valence-electron chi connectivity index (χ3n) is 3.90. The van der Waals surface area contributed by atoms with Crippen LogP contribution in [0.5, 0.6) is 0 Å². The molecule has 0 saturated heterocycles. The van der Waals surface area contributed by atoms with Crippen molar-refractivity contribution in [3.63, 3.8) is 0 Å². The van der Waals surface area contributed by atoms with E-state index in [0.29, 0.717) is 5.56 Å². The molecule has 2 rings (SSSR count). The topological polar surface area (TPSA) is 88.2 Å². The molecular formula is C20H27N3O3. The van der Waals surface area contributed by atoms with Gasteiger partial charge in [0.25, 0.3) is 5.91 Å². The van der Waals surface area contributed by atoms with Crippen LogP contribution in [0.15, 0.2) is 22.9 Å². The molecule has 0 aromatic carbocycles. The van der Waals surface area contributed by atoms with Gasteiger partial charge in [-0.3, -0.25) is 9.78 Å². The highest BCUT2D eigenvalue weighted by Crippen LogP contribution is 2.18. The normalized spacial score (nSPS) is 11.9. The van der Waals surface area contributed by atoms with Crippen LogP contribution in [0.25, 0.3) is 12.2 Å². The molecular weight excluding hydrogens is 330 g/mol. The molecule has 0 aliphatic rings. The number of aliphatic hydroxyl groups is 1. The number of carbonyl (C=O) groups excluding carboxylic acids is 1. The fourth-order valence-corrected chi connectivity index (χ4v) is 2.37. The van der Waals surface area contributed by atoms with Crippen molar-refractivity contribution in [2.45, 2.75) is 52.6 Å². The Morgan fingerprint density at radius 3 is 2.73 bits per heavy atom. The Labute approximate surface area is 154 Å². The van der Waals surface area contributed by atoms with E-state index in [1.165, 1.54) is 6.20 Å². The van der Waals surface area contributed by atoms with Crippen LogP contribution in [-0.2, 0) is 6.42 Å². The number of nitrogens with one attached hydrogen (secondary N) is 1. The van der Waals surface area contributed by atoms with Crippen molar-refractivity contribution in [2.75, 3.05) is 6.54 Å². The van der Waals surface area contributed by atoms with Crippen molar-refractivity contribution >= 4 is 18.1 Å². The molecule has 6 nitrogen and oxygen atoms in total. The molecule has 2 aromatic heterocycles. The molecule has 0 aliphatic carbocycles. The Kier molecular flexibility index (Phi) is 6.69. The predicted molar refractivity (Wildman–Crippen MR) is 102 cm³/mol. The molecule has 0 aliphatic heterocycles. The van der Waals surface area contributed by atoms with E-state index in [4.69, 9.17) is 4.52 Å². The first kappa shape index (κ1) is 19.8. The maximum absolute atomic E-state index is 12.0. The molecule has 2 aromatic rings. The lowest BCUT2D eigenvalue weighted by atomic mass is 10.1. The molecule has 26 heavy (non-hydrogen) atoms. The van der Waals surface area contributed by atoms with Crippen LogP contribution >= 0.6 is 0 Å². The predicted octanol–water partition coefficient (Wildman–Crippen LogP) is 3.39. The summed E-state index contributed by atoms with van der Waals surface area (Å²) in [5, 5.41) is 16.5. The Bertz CT molecular complexity index is 756. The number of unbranched alkanes of at least 4 members (excludes halogenated alkanes) is 1. The summed E-state index contributed by atoms with van der Waals surface area (Å²) >= 11 is 0. The number of carbonyl (C=O) groups is 1. The van der Waals surface area contributed by atoms with Gasteiger partial charge in [0.05, 0.1) is 22.6 Å². The van der Waals surface area contributed by atoms with Crippen LogP contribution in [0.1, 0.15) is 66.7 Å². The Hall–Kier alpha value is -2.47. The van der Waals surface area contributed by atoms with E-state index in [2.05, 4.69) is 22.4 Å². The van der Waals surface area contributed by atoms with Gasteiger partial charge in [-0.15, -0.1) is 0 Å². The summed E-state index contributed by atoms with van der Waals surface area (Å²) in [6, 6.07) is 3.49. The Morgan fingerprint density at radius 1 is 1.35 bits per heavy atom. The highest BCUT2D eigenvalue weighted by molar-refractivity contribution is 5.94. The lowest BCUT2D eigenvalue weighted by Gasteiger charge is -2.17. The Morgan fingerprint density at radius 2 is 2.12 bits per heavy atom. The van der Waals surface area contributed by atoms with Gasteiger partial charge in [0, 0.05) is 18.3 Å². The van der Waals surface area contributed by atoms with E-state index < -0.39 is 5.60 Å². The van der Waals surface area contributed by atoms with Gasteiger partial charge in [-0.25, -0.2) is 0 Å². The van der Waals surface area contributed by atoms with Crippen molar-refractivity contribution in [3.8, 4) is 0 Å². The van der Waals surface area contributed by atoms with Crippen LogP contribution in [0.4, 0.5) is 0 Å². The van der Waals surface area contributed by atoms with E-state index in [-0.39, 0.29) is 12.5 Å². The molecule has 140 valence electrons. The first-order valence-corrected chi connectivity index (χ1v) is 8.90. The van der Waals surface area contributed by atoms with Crippen LogP contribution in [0.3, 0.4) is 0 Å². The van der Waals surface area contributed by atoms with Gasteiger partial charge in [0.2, 0.25) is 0 Å². The number of rotatable bonds is 8. The second-order valence-electron chi connectivity index (χ2n) is 7.00. The van der Waals surface area contributed by atoms with Crippen molar-refractivity contribution in [2.24, 2.45) is 0 Å². The third-order valence-corrected chi connectivity index (χ3v) is 3.90. The lowest BCUT2D eigenvalue weighted by Crippen LogP contribution is -2.38. The minimum absolute atomic E-state index is 0.181. The van der Waals surface area contributed by atoms with Crippen LogP contribution in [-0.4, -0.2) is 33.3 Å². The second-order valence-corrected chi connectivity index (χ2v) is 7.00. The van der Waals surface area contributed by atoms with Gasteiger partial charge in [0.15, 0.2) is 0 Å². The number of pyridine rings is 1. The zero-order chi connectivity index (χ0) is 19.2. The maximum atomic E-state index is 12.0. The molecule has 0 bridgehead atoms. The SMILES string of the molecule is CCCCc1noc(C)c1/C=C/c1ccc(C(=O)NCC(C)(C)O)cn1. The van der Waals surface area contributed by atoms with Gasteiger partial charge in [-0.05, 0) is 57.9 Å². The van der Waals surface area contributed by atoms with Gasteiger partial charge in [-0.1, -0.05) is 18.5 Å². The zero-order valence-corrected chi connectivity index (χ0v) is 15.9. The maximum Gasteiger partial charge on any atom is 0.252 e. The number of aromatic nitrogens is 2. The van der Waals surface area contributed by atoms with E-state index >= 15 is 0 Å². The summed E-state index contributed by atoms with van der Waals surface area (Å²) in [5.74, 6) is 0.529. The van der Waals surface area contributed by atoms with Gasteiger partial charge in [-0.2, -0.15) is 0 Å². The molecule has 0 radical (unpaired) electrons. The highest BCUT2D eigenvalue weighted by Gasteiger charge is 2.15. The first-order chi connectivity index (χ1) is 12.3. The third kappa shape index (κ3) is 5.81. The van der Waals surface area contributed by atoms with E-state index in [1.54, 1.807) is 26.0 Å². The van der Waals surface area contributed by atoms with Crippen molar-refractivity contribution in [1.29, 1.82) is 0 Å². The molecule has 2 N–H and O–H groups in total. The number of hydrogen-bond donors (Lipinski definition) is 2. The van der Waals surface area contributed by atoms with E-state index in [0.717, 1.165) is 42.0 Å². The fourth-order valence-electron chi connectivity index (χ4n) is 2.37. The summed E-state index contributed by atoms with van der Waals surface area (Å²) in [7, 11) is 0. The van der Waals surface area contributed by atoms with Crippen molar-refractivity contribution in [3.05, 3.63) is 46.6 Å². The van der Waals surface area contributed by atoms with Gasteiger partial charge < -0.3 is 14.9 Å².